The lowest BCUT2D eigenvalue weighted by Crippen LogP contribution is -2.60. The summed E-state index contributed by atoms with van der Waals surface area (Å²) in [5.41, 5.74) is 5.36. The summed E-state index contributed by atoms with van der Waals surface area (Å²) in [6.07, 6.45) is 5.90. The molecule has 0 fully saturated rings. The van der Waals surface area contributed by atoms with Gasteiger partial charge in [-0.05, 0) is 49.3 Å². The second-order valence-corrected chi connectivity index (χ2v) is 12.4. The maximum absolute atomic E-state index is 13.7. The third kappa shape index (κ3) is 14.4. The third-order valence-corrected chi connectivity index (χ3v) is 8.13. The minimum atomic E-state index is -4.73. The van der Waals surface area contributed by atoms with Gasteiger partial charge in [0, 0.05) is 24.8 Å². The molecule has 0 radical (unpaired) electrons. The number of rotatable bonds is 21. The highest BCUT2D eigenvalue weighted by Gasteiger charge is 2.35. The molecule has 0 saturated carbocycles. The van der Waals surface area contributed by atoms with Gasteiger partial charge in [-0.2, -0.15) is 0 Å². The van der Waals surface area contributed by atoms with E-state index >= 15 is 0 Å². The number of hydrogen-bond acceptors (Lipinski definition) is 6. The predicted molar refractivity (Wildman–Crippen MR) is 165 cm³/mol. The quantitative estimate of drug-likeness (QED) is 0.0878. The minimum absolute atomic E-state index is 0.0435. The average molecular weight is 627 g/mol. The molecule has 1 aromatic rings. The monoisotopic (exact) mass is 626 g/mol. The molecule has 1 rings (SSSR count). The lowest BCUT2D eigenvalue weighted by molar-refractivity contribution is -0.134. The molecule has 0 aliphatic rings. The molecule has 0 aliphatic heterocycles. The van der Waals surface area contributed by atoms with Crippen molar-refractivity contribution in [1.82, 2.24) is 16.0 Å². The van der Waals surface area contributed by atoms with Crippen molar-refractivity contribution >= 4 is 31.5 Å². The summed E-state index contributed by atoms with van der Waals surface area (Å²) in [4.78, 5) is 69.8. The molecule has 13 heteroatoms. The summed E-state index contributed by atoms with van der Waals surface area (Å²) in [6, 6.07) is 3.92. The Morgan fingerprint density at radius 2 is 1.58 bits per heavy atom. The zero-order valence-electron chi connectivity index (χ0n) is 26.2. The van der Waals surface area contributed by atoms with Gasteiger partial charge >= 0.3 is 7.82 Å². The van der Waals surface area contributed by atoms with Gasteiger partial charge in [-0.25, -0.2) is 4.57 Å². The molecule has 0 aromatic heterocycles. The van der Waals surface area contributed by atoms with E-state index in [9.17, 15) is 23.7 Å². The van der Waals surface area contributed by atoms with Crippen LogP contribution in [-0.4, -0.2) is 51.0 Å². The number of amides is 4. The van der Waals surface area contributed by atoms with Crippen LogP contribution < -0.4 is 26.2 Å². The number of carbonyl (C=O) groups is 4. The minimum Gasteiger partial charge on any atom is -0.404 e. The first kappa shape index (κ1) is 38.1. The second-order valence-electron chi connectivity index (χ2n) is 11.2. The van der Waals surface area contributed by atoms with Crippen molar-refractivity contribution in [2.75, 3.05) is 0 Å². The molecule has 4 unspecified atom stereocenters. The van der Waals surface area contributed by atoms with Crippen molar-refractivity contribution in [2.45, 2.75) is 123 Å². The van der Waals surface area contributed by atoms with Gasteiger partial charge in [-0.1, -0.05) is 72.4 Å². The van der Waals surface area contributed by atoms with Gasteiger partial charge in [0.15, 0.2) is 0 Å². The van der Waals surface area contributed by atoms with Gasteiger partial charge in [0.1, 0.15) is 17.8 Å². The number of nitrogens with one attached hydrogen (secondary N) is 3. The first-order chi connectivity index (χ1) is 20.2. The predicted octanol–water partition coefficient (Wildman–Crippen LogP) is 3.63. The van der Waals surface area contributed by atoms with Crippen molar-refractivity contribution in [3.63, 3.8) is 0 Å². The summed E-state index contributed by atoms with van der Waals surface area (Å²) >= 11 is 0. The fourth-order valence-corrected chi connectivity index (χ4v) is 5.29. The van der Waals surface area contributed by atoms with E-state index in [1.54, 1.807) is 12.1 Å². The van der Waals surface area contributed by atoms with Crippen molar-refractivity contribution in [3.8, 4) is 5.75 Å². The molecule has 0 aliphatic carbocycles. The number of phosphoric acid groups is 1. The molecule has 0 spiro atoms. The highest BCUT2D eigenvalue weighted by Crippen LogP contribution is 2.37. The second kappa shape index (κ2) is 18.7. The standard InChI is InChI=1S/C30H51N4O8P/c1-6-10-11-12-26(36)32-24(20-22-13-15-23(16-14-22)42-43(39,40)41)28(37)33-27(21(5)8-3)29(38)34-30(9-4,18-7-2)19-17-25(31)35/h13-16,21,24,27H,6-12,17-20H2,1-5H3,(H2,31,35)(H,32,36)(H,33,37)(H,34,38)(H2,39,40,41). The fourth-order valence-electron chi connectivity index (χ4n) is 4.90. The van der Waals surface area contributed by atoms with Gasteiger partial charge in [-0.15, -0.1) is 0 Å². The van der Waals surface area contributed by atoms with Crippen molar-refractivity contribution in [2.24, 2.45) is 11.7 Å². The summed E-state index contributed by atoms with van der Waals surface area (Å²) in [6.45, 7) is 9.73. The Balaban J connectivity index is 3.24. The number of nitrogens with two attached hydrogens (primary N) is 1. The van der Waals surface area contributed by atoms with E-state index in [4.69, 9.17) is 15.5 Å². The van der Waals surface area contributed by atoms with E-state index < -0.39 is 37.3 Å². The highest BCUT2D eigenvalue weighted by molar-refractivity contribution is 7.46. The molecule has 12 nitrogen and oxygen atoms in total. The Kier molecular flexibility index (Phi) is 16.5. The molecule has 7 N–H and O–H groups in total. The highest BCUT2D eigenvalue weighted by atomic mass is 31.2. The van der Waals surface area contributed by atoms with Crippen LogP contribution in [0.15, 0.2) is 24.3 Å². The van der Waals surface area contributed by atoms with Crippen molar-refractivity contribution in [3.05, 3.63) is 29.8 Å². The van der Waals surface area contributed by atoms with E-state index in [1.807, 2.05) is 34.6 Å². The zero-order chi connectivity index (χ0) is 32.6. The first-order valence-electron chi connectivity index (χ1n) is 15.2. The molecule has 4 amide bonds. The third-order valence-electron chi connectivity index (χ3n) is 7.68. The maximum Gasteiger partial charge on any atom is 0.524 e. The number of primary amides is 1. The lowest BCUT2D eigenvalue weighted by atomic mass is 9.84. The maximum atomic E-state index is 13.7. The molecule has 4 atom stereocenters. The van der Waals surface area contributed by atoms with Crippen LogP contribution in [0.4, 0.5) is 0 Å². The van der Waals surface area contributed by atoms with Gasteiger partial charge in [0.25, 0.3) is 0 Å². The molecule has 1 aromatic carbocycles. The van der Waals surface area contributed by atoms with Crippen molar-refractivity contribution < 1.29 is 38.1 Å². The van der Waals surface area contributed by atoms with Gasteiger partial charge in [0.05, 0.1) is 0 Å². The normalized spacial score (nSPS) is 15.0. The molecule has 43 heavy (non-hydrogen) atoms. The topological polar surface area (TPSA) is 197 Å². The van der Waals surface area contributed by atoms with Crippen LogP contribution in [0.25, 0.3) is 0 Å². The van der Waals surface area contributed by atoms with E-state index in [0.717, 1.165) is 19.3 Å². The zero-order valence-corrected chi connectivity index (χ0v) is 27.1. The fraction of sp³-hybridized carbons (Fsp3) is 0.667. The van der Waals surface area contributed by atoms with E-state index in [2.05, 4.69) is 20.5 Å². The Morgan fingerprint density at radius 3 is 2.09 bits per heavy atom. The van der Waals surface area contributed by atoms with Gasteiger partial charge < -0.3 is 26.2 Å². The molecule has 0 bridgehead atoms. The van der Waals surface area contributed by atoms with Crippen LogP contribution >= 0.6 is 7.82 Å². The summed E-state index contributed by atoms with van der Waals surface area (Å²) in [5, 5.41) is 8.79. The van der Waals surface area contributed by atoms with Crippen LogP contribution in [0.5, 0.6) is 5.75 Å². The molecular formula is C30H51N4O8P. The summed E-state index contributed by atoms with van der Waals surface area (Å²) < 4.78 is 15.7. The Labute approximate surface area is 255 Å². The molecular weight excluding hydrogens is 575 g/mol. The first-order valence-corrected chi connectivity index (χ1v) is 16.8. The van der Waals surface area contributed by atoms with Crippen LogP contribution in [-0.2, 0) is 30.2 Å². The van der Waals surface area contributed by atoms with Gasteiger partial charge in [0.2, 0.25) is 23.6 Å². The Bertz CT molecular complexity index is 1090. The SMILES string of the molecule is CCCCCC(=O)NC(Cc1ccc(OP(=O)(O)O)cc1)C(=O)NC(C(=O)NC(CC)(CCC)CCC(N)=O)C(C)CC. The summed E-state index contributed by atoms with van der Waals surface area (Å²) in [7, 11) is -4.73. The van der Waals surface area contributed by atoms with Crippen LogP contribution in [0.3, 0.4) is 0 Å². The van der Waals surface area contributed by atoms with Crippen LogP contribution in [0.2, 0.25) is 0 Å². The van der Waals surface area contributed by atoms with E-state index in [-0.39, 0.29) is 42.7 Å². The van der Waals surface area contributed by atoms with Crippen LogP contribution in [0, 0.1) is 5.92 Å². The largest absolute Gasteiger partial charge is 0.524 e. The number of benzene rings is 1. The lowest BCUT2D eigenvalue weighted by Gasteiger charge is -2.36. The van der Waals surface area contributed by atoms with Crippen LogP contribution in [0.1, 0.15) is 104 Å². The number of phosphoric ester groups is 1. The van der Waals surface area contributed by atoms with E-state index in [0.29, 0.717) is 37.7 Å². The smallest absolute Gasteiger partial charge is 0.404 e. The van der Waals surface area contributed by atoms with E-state index in [1.165, 1.54) is 12.1 Å². The van der Waals surface area contributed by atoms with Crippen molar-refractivity contribution in [1.29, 1.82) is 0 Å². The Hall–Kier alpha value is -2.95. The van der Waals surface area contributed by atoms with Gasteiger partial charge in [-0.3, -0.25) is 29.0 Å². The number of hydrogen-bond donors (Lipinski definition) is 6. The Morgan fingerprint density at radius 1 is 0.930 bits per heavy atom. The number of carbonyl (C=O) groups excluding carboxylic acids is 4. The summed E-state index contributed by atoms with van der Waals surface area (Å²) in [5.74, 6) is -1.92. The molecule has 0 heterocycles. The molecule has 244 valence electrons. The average Bonchev–Trinajstić information content (AvgIpc) is 2.94. The molecule has 0 saturated heterocycles. The number of unbranched alkanes of at least 4 members (excludes halogenated alkanes) is 2.